The minimum atomic E-state index is 0.581. The summed E-state index contributed by atoms with van der Waals surface area (Å²) in [4.78, 5) is 15.5. The third kappa shape index (κ3) is 5.21. The summed E-state index contributed by atoms with van der Waals surface area (Å²) in [5.74, 6) is 1.81. The van der Waals surface area contributed by atoms with Crippen LogP contribution >= 0.6 is 0 Å². The van der Waals surface area contributed by atoms with Crippen molar-refractivity contribution in [3.8, 4) is 57.0 Å². The molecule has 0 saturated carbocycles. The highest BCUT2D eigenvalue weighted by atomic mass is 15.0. The Bertz CT molecular complexity index is 2960. The second-order valence-electron chi connectivity index (χ2n) is 13.2. The van der Waals surface area contributed by atoms with E-state index in [-0.39, 0.29) is 0 Å². The van der Waals surface area contributed by atoms with E-state index in [4.69, 9.17) is 15.0 Å². The maximum atomic E-state index is 9.91. The van der Waals surface area contributed by atoms with Crippen LogP contribution in [-0.4, -0.2) is 19.5 Å². The van der Waals surface area contributed by atoms with Gasteiger partial charge in [0.25, 0.3) is 0 Å². The first-order chi connectivity index (χ1) is 26.2. The fraction of sp³-hybridized carbons (Fsp3) is 0. The molecule has 0 aliphatic heterocycles. The lowest BCUT2D eigenvalue weighted by molar-refractivity contribution is 1.08. The van der Waals surface area contributed by atoms with Gasteiger partial charge in [0.15, 0.2) is 17.5 Å². The highest BCUT2D eigenvalue weighted by Crippen LogP contribution is 2.37. The normalized spacial score (nSPS) is 11.4. The number of aromatic nitrogens is 4. The van der Waals surface area contributed by atoms with Crippen molar-refractivity contribution in [3.05, 3.63) is 181 Å². The van der Waals surface area contributed by atoms with Crippen LogP contribution in [0, 0.1) is 11.3 Å². The highest BCUT2D eigenvalue weighted by molar-refractivity contribution is 6.11. The minimum Gasteiger partial charge on any atom is -0.309 e. The van der Waals surface area contributed by atoms with Crippen LogP contribution in [0.25, 0.3) is 94.3 Å². The van der Waals surface area contributed by atoms with E-state index in [1.165, 1.54) is 5.56 Å². The Balaban J connectivity index is 1.19. The van der Waals surface area contributed by atoms with E-state index in [1.54, 1.807) is 0 Å². The van der Waals surface area contributed by atoms with E-state index >= 15 is 0 Å². The molecule has 0 fully saturated rings. The van der Waals surface area contributed by atoms with Gasteiger partial charge in [0.2, 0.25) is 0 Å². The third-order valence-corrected chi connectivity index (χ3v) is 10.1. The monoisotopic (exact) mass is 675 g/mol. The molecule has 0 unspecified atom stereocenters. The number of rotatable bonds is 5. The Hall–Kier alpha value is -7.42. The Kier molecular flexibility index (Phi) is 7.12. The number of benzene rings is 8. The van der Waals surface area contributed by atoms with Crippen LogP contribution in [0.2, 0.25) is 0 Å². The zero-order valence-corrected chi connectivity index (χ0v) is 28.5. The van der Waals surface area contributed by atoms with E-state index in [9.17, 15) is 5.26 Å². The molecule has 0 bridgehead atoms. The van der Waals surface area contributed by atoms with Gasteiger partial charge in [0, 0.05) is 33.2 Å². The molecule has 0 atom stereocenters. The van der Waals surface area contributed by atoms with Crippen LogP contribution in [-0.2, 0) is 0 Å². The number of hydrogen-bond acceptors (Lipinski definition) is 4. The number of fused-ring (bicyclic) bond motifs is 5. The van der Waals surface area contributed by atoms with Crippen molar-refractivity contribution in [3.63, 3.8) is 0 Å². The van der Waals surface area contributed by atoms with Gasteiger partial charge in [-0.05, 0) is 81.2 Å². The van der Waals surface area contributed by atoms with Gasteiger partial charge >= 0.3 is 0 Å². The average molecular weight is 676 g/mol. The smallest absolute Gasteiger partial charge is 0.164 e. The molecule has 2 aromatic heterocycles. The fourth-order valence-corrected chi connectivity index (χ4v) is 7.53. The van der Waals surface area contributed by atoms with Gasteiger partial charge in [-0.25, -0.2) is 15.0 Å². The lowest BCUT2D eigenvalue weighted by atomic mass is 10.0. The molecule has 10 rings (SSSR count). The van der Waals surface area contributed by atoms with Gasteiger partial charge in [-0.15, -0.1) is 0 Å². The molecule has 0 aliphatic rings. The van der Waals surface area contributed by atoms with Gasteiger partial charge < -0.3 is 4.57 Å². The molecule has 0 radical (unpaired) electrons. The molecular formula is C48H29N5. The topological polar surface area (TPSA) is 67.4 Å². The van der Waals surface area contributed by atoms with Crippen molar-refractivity contribution in [2.75, 3.05) is 0 Å². The van der Waals surface area contributed by atoms with Crippen molar-refractivity contribution < 1.29 is 0 Å². The summed E-state index contributed by atoms with van der Waals surface area (Å²) in [7, 11) is 0. The summed E-state index contributed by atoms with van der Waals surface area (Å²) < 4.78 is 2.26. The summed E-state index contributed by atoms with van der Waals surface area (Å²) in [5.41, 5.74) is 8.79. The number of nitrogens with zero attached hydrogens (tertiary/aromatic N) is 5. The Morgan fingerprint density at radius 2 is 0.906 bits per heavy atom. The summed E-state index contributed by atoms with van der Waals surface area (Å²) in [6.45, 7) is 0. The van der Waals surface area contributed by atoms with Crippen molar-refractivity contribution in [2.24, 2.45) is 0 Å². The van der Waals surface area contributed by atoms with Crippen molar-refractivity contribution in [1.82, 2.24) is 19.5 Å². The minimum absolute atomic E-state index is 0.581. The van der Waals surface area contributed by atoms with E-state index < -0.39 is 0 Å². The first kappa shape index (κ1) is 30.4. The van der Waals surface area contributed by atoms with Crippen LogP contribution in [0.1, 0.15) is 5.56 Å². The SMILES string of the molecule is N#Cc1ccc2c(c1)c1cc(-c3nc(-c4cccc5ccccc45)nc(-c4cccc5ccccc45)n3)ccc1n2-c1ccc(-c2ccccc2)cc1. The molecule has 0 amide bonds. The Morgan fingerprint density at radius 3 is 1.55 bits per heavy atom. The maximum absolute atomic E-state index is 9.91. The predicted molar refractivity (Wildman–Crippen MR) is 216 cm³/mol. The van der Waals surface area contributed by atoms with E-state index in [0.29, 0.717) is 23.0 Å². The van der Waals surface area contributed by atoms with E-state index in [0.717, 1.165) is 71.3 Å². The van der Waals surface area contributed by atoms with Gasteiger partial charge in [-0.3, -0.25) is 0 Å². The predicted octanol–water partition coefficient (Wildman–Crippen LogP) is 11.8. The molecule has 0 saturated heterocycles. The lowest BCUT2D eigenvalue weighted by Crippen LogP contribution is -2.01. The second-order valence-corrected chi connectivity index (χ2v) is 13.2. The summed E-state index contributed by atoms with van der Waals surface area (Å²) >= 11 is 0. The number of hydrogen-bond donors (Lipinski definition) is 0. The van der Waals surface area contributed by atoms with Gasteiger partial charge in [-0.1, -0.05) is 127 Å². The largest absolute Gasteiger partial charge is 0.309 e. The van der Waals surface area contributed by atoms with E-state index in [2.05, 4.69) is 138 Å². The van der Waals surface area contributed by atoms with Crippen LogP contribution < -0.4 is 0 Å². The van der Waals surface area contributed by atoms with Gasteiger partial charge in [-0.2, -0.15) is 5.26 Å². The molecule has 0 aliphatic carbocycles. The average Bonchev–Trinajstić information content (AvgIpc) is 3.56. The lowest BCUT2D eigenvalue weighted by Gasteiger charge is -2.12. The molecule has 8 aromatic carbocycles. The summed E-state index contributed by atoms with van der Waals surface area (Å²) in [6.07, 6.45) is 0. The molecule has 5 nitrogen and oxygen atoms in total. The fourth-order valence-electron chi connectivity index (χ4n) is 7.53. The molecular weight excluding hydrogens is 647 g/mol. The van der Waals surface area contributed by atoms with E-state index in [1.807, 2.05) is 48.5 Å². The standard InChI is InChI=1S/C48H29N5/c49-30-31-20-26-44-42(28-31)43-29-36(23-27-45(43)53(44)37-24-21-33(22-25-37)32-10-2-1-3-11-32)46-50-47(40-18-8-14-34-12-4-6-16-38(34)40)52-48(51-46)41-19-9-15-35-13-5-7-17-39(35)41/h1-29H. The van der Waals surface area contributed by atoms with Crippen LogP contribution in [0.15, 0.2) is 176 Å². The molecule has 0 N–H and O–H groups in total. The first-order valence-electron chi connectivity index (χ1n) is 17.6. The number of nitriles is 1. The van der Waals surface area contributed by atoms with Crippen LogP contribution in [0.4, 0.5) is 0 Å². The van der Waals surface area contributed by atoms with Gasteiger partial charge in [0.05, 0.1) is 22.7 Å². The highest BCUT2D eigenvalue weighted by Gasteiger charge is 2.19. The Morgan fingerprint density at radius 1 is 0.396 bits per heavy atom. The molecule has 2 heterocycles. The third-order valence-electron chi connectivity index (χ3n) is 10.1. The Labute approximate surface area is 305 Å². The summed E-state index contributed by atoms with van der Waals surface area (Å²) in [6, 6.07) is 62.8. The zero-order chi connectivity index (χ0) is 35.3. The summed E-state index contributed by atoms with van der Waals surface area (Å²) in [5, 5.41) is 16.3. The molecule has 10 aromatic rings. The second kappa shape index (κ2) is 12.4. The molecule has 246 valence electrons. The van der Waals surface area contributed by atoms with Crippen LogP contribution in [0.3, 0.4) is 0 Å². The van der Waals surface area contributed by atoms with Crippen LogP contribution in [0.5, 0.6) is 0 Å². The quantitative estimate of drug-likeness (QED) is 0.182. The van der Waals surface area contributed by atoms with Crippen molar-refractivity contribution in [1.29, 1.82) is 5.26 Å². The van der Waals surface area contributed by atoms with Crippen molar-refractivity contribution >= 4 is 43.4 Å². The molecule has 5 heteroatoms. The molecule has 53 heavy (non-hydrogen) atoms. The maximum Gasteiger partial charge on any atom is 0.164 e. The zero-order valence-electron chi connectivity index (χ0n) is 28.5. The first-order valence-corrected chi connectivity index (χ1v) is 17.6. The van der Waals surface area contributed by atoms with Crippen molar-refractivity contribution in [2.45, 2.75) is 0 Å². The van der Waals surface area contributed by atoms with Gasteiger partial charge in [0.1, 0.15) is 0 Å². The molecule has 0 spiro atoms.